The van der Waals surface area contributed by atoms with Crippen LogP contribution in [-0.4, -0.2) is 55.2 Å². The number of hydrogen-bond acceptors (Lipinski definition) is 5. The Hall–Kier alpha value is -3.79. The second kappa shape index (κ2) is 15.1. The lowest BCUT2D eigenvalue weighted by molar-refractivity contribution is 0.0965. The number of rotatable bonds is 6. The molecule has 0 spiro atoms. The van der Waals surface area contributed by atoms with Gasteiger partial charge in [0, 0.05) is 54.5 Å². The zero-order valence-corrected chi connectivity index (χ0v) is 25.0. The van der Waals surface area contributed by atoms with Crippen LogP contribution in [0.25, 0.3) is 5.57 Å². The Morgan fingerprint density at radius 3 is 2.60 bits per heavy atom. The van der Waals surface area contributed by atoms with Crippen molar-refractivity contribution in [2.24, 2.45) is 4.99 Å². The fraction of sp³-hybridized carbons (Fsp3) is 0.371. The number of hydrogen-bond donors (Lipinski definition) is 0. The number of carbonyl (C=O) groups excluding carboxylic acids is 1. The first-order valence-electron chi connectivity index (χ1n) is 14.3. The van der Waals surface area contributed by atoms with Crippen molar-refractivity contribution in [3.63, 3.8) is 0 Å². The molecule has 0 saturated heterocycles. The molecule has 0 bridgehead atoms. The van der Waals surface area contributed by atoms with Gasteiger partial charge in [0.05, 0.1) is 11.3 Å². The summed E-state index contributed by atoms with van der Waals surface area (Å²) in [5, 5.41) is 0. The van der Waals surface area contributed by atoms with Crippen molar-refractivity contribution >= 4 is 17.1 Å². The quantitative estimate of drug-likeness (QED) is 0.241. The molecule has 5 nitrogen and oxygen atoms in total. The molecule has 210 valence electrons. The minimum atomic E-state index is 0.110. The molecule has 2 heterocycles. The Morgan fingerprint density at radius 2 is 1.90 bits per heavy atom. The SMILES string of the molecule is C=C=C(C[C@@H](C)c1ccccn1)c1ccc(C)c(C(=NC)c2ccc3c(c2)C(=O)CCCN(C)CCO3)c1.CC. The van der Waals surface area contributed by atoms with Crippen LogP contribution in [-0.2, 0) is 0 Å². The van der Waals surface area contributed by atoms with E-state index in [0.717, 1.165) is 65.2 Å². The second-order valence-corrected chi connectivity index (χ2v) is 10.0. The lowest BCUT2D eigenvalue weighted by Gasteiger charge is -2.20. The van der Waals surface area contributed by atoms with Crippen LogP contribution in [0.3, 0.4) is 0 Å². The summed E-state index contributed by atoms with van der Waals surface area (Å²) in [6.45, 7) is 14.5. The smallest absolute Gasteiger partial charge is 0.166 e. The van der Waals surface area contributed by atoms with Crippen LogP contribution >= 0.6 is 0 Å². The number of aromatic nitrogens is 1. The fourth-order valence-corrected chi connectivity index (χ4v) is 4.93. The van der Waals surface area contributed by atoms with E-state index in [1.807, 2.05) is 50.4 Å². The van der Waals surface area contributed by atoms with Crippen LogP contribution < -0.4 is 4.74 Å². The third-order valence-electron chi connectivity index (χ3n) is 7.21. The molecule has 0 amide bonds. The van der Waals surface area contributed by atoms with Gasteiger partial charge in [-0.25, -0.2) is 0 Å². The molecular formula is C35H43N3O2. The van der Waals surface area contributed by atoms with E-state index in [2.05, 4.69) is 72.3 Å². The number of benzene rings is 2. The summed E-state index contributed by atoms with van der Waals surface area (Å²) < 4.78 is 6.02. The van der Waals surface area contributed by atoms with Crippen LogP contribution in [0.1, 0.15) is 84.3 Å². The van der Waals surface area contributed by atoms with Crippen molar-refractivity contribution in [3.8, 4) is 5.75 Å². The second-order valence-electron chi connectivity index (χ2n) is 10.0. The summed E-state index contributed by atoms with van der Waals surface area (Å²) in [6.07, 6.45) is 3.94. The third kappa shape index (κ3) is 7.65. The van der Waals surface area contributed by atoms with E-state index in [1.54, 1.807) is 7.05 Å². The highest BCUT2D eigenvalue weighted by atomic mass is 16.5. The maximum Gasteiger partial charge on any atom is 0.166 e. The Bertz CT molecular complexity index is 1370. The summed E-state index contributed by atoms with van der Waals surface area (Å²) in [6, 6.07) is 18.3. The van der Waals surface area contributed by atoms with E-state index in [1.165, 1.54) is 0 Å². The van der Waals surface area contributed by atoms with Crippen LogP contribution in [0.4, 0.5) is 0 Å². The molecule has 1 aliphatic rings. The van der Waals surface area contributed by atoms with Crippen molar-refractivity contribution in [2.75, 3.05) is 33.8 Å². The van der Waals surface area contributed by atoms with Crippen LogP contribution in [0.15, 0.2) is 78.1 Å². The maximum absolute atomic E-state index is 13.1. The largest absolute Gasteiger partial charge is 0.491 e. The number of pyridine rings is 1. The molecule has 4 rings (SSSR count). The Labute approximate surface area is 240 Å². The van der Waals surface area contributed by atoms with E-state index in [9.17, 15) is 4.79 Å². The van der Waals surface area contributed by atoms with Gasteiger partial charge in [-0.05, 0) is 80.9 Å². The molecule has 3 aromatic rings. The van der Waals surface area contributed by atoms with Gasteiger partial charge in [0.1, 0.15) is 12.4 Å². The van der Waals surface area contributed by atoms with Gasteiger partial charge >= 0.3 is 0 Å². The number of ether oxygens (including phenoxy) is 1. The summed E-state index contributed by atoms with van der Waals surface area (Å²) in [7, 11) is 3.86. The van der Waals surface area contributed by atoms with Gasteiger partial charge < -0.3 is 9.64 Å². The number of likely N-dealkylation sites (N-methyl/N-ethyl adjacent to an activating group) is 1. The predicted molar refractivity (Wildman–Crippen MR) is 167 cm³/mol. The zero-order chi connectivity index (χ0) is 29.1. The number of nitrogens with zero attached hydrogens (tertiary/aromatic N) is 3. The highest BCUT2D eigenvalue weighted by Crippen LogP contribution is 2.30. The highest BCUT2D eigenvalue weighted by Gasteiger charge is 2.19. The molecule has 1 aliphatic heterocycles. The van der Waals surface area contributed by atoms with Crippen molar-refractivity contribution < 1.29 is 9.53 Å². The van der Waals surface area contributed by atoms with Crippen LogP contribution in [0.2, 0.25) is 0 Å². The first-order chi connectivity index (χ1) is 19.4. The molecular weight excluding hydrogens is 494 g/mol. The lowest BCUT2D eigenvalue weighted by Crippen LogP contribution is -2.27. The van der Waals surface area contributed by atoms with Crippen molar-refractivity contribution in [1.29, 1.82) is 0 Å². The number of fused-ring (bicyclic) bond motifs is 1. The minimum absolute atomic E-state index is 0.110. The standard InChI is InChI=1S/C33H37N3O2.C2H6/c1-6-25(20-24(3)30-10-7-8-16-35-30)26-13-12-23(2)28(21-26)33(34-4)27-14-15-32-29(22-27)31(37)11-9-17-36(5)18-19-38-32;1-2/h7-8,10,12-16,21-22,24H,1,9,11,17-20H2,2-5H3;1-2H3/t24-;/m1./s1. The van der Waals surface area contributed by atoms with E-state index in [4.69, 9.17) is 4.74 Å². The lowest BCUT2D eigenvalue weighted by atomic mass is 9.89. The molecule has 1 atom stereocenters. The van der Waals surface area contributed by atoms with Gasteiger partial charge in [0.2, 0.25) is 0 Å². The van der Waals surface area contributed by atoms with E-state index in [-0.39, 0.29) is 11.7 Å². The number of Topliss-reactive ketones (excluding diaryl/α,β-unsaturated/α-hetero) is 1. The molecule has 1 aromatic heterocycles. The van der Waals surface area contributed by atoms with Gasteiger partial charge in [-0.15, -0.1) is 5.73 Å². The topological polar surface area (TPSA) is 54.8 Å². The molecule has 0 fully saturated rings. The highest BCUT2D eigenvalue weighted by molar-refractivity contribution is 6.15. The van der Waals surface area contributed by atoms with E-state index >= 15 is 0 Å². The number of aryl methyl sites for hydroxylation is 1. The molecule has 40 heavy (non-hydrogen) atoms. The van der Waals surface area contributed by atoms with Gasteiger partial charge in [0.15, 0.2) is 5.78 Å². The maximum atomic E-state index is 13.1. The monoisotopic (exact) mass is 537 g/mol. The molecule has 5 heteroatoms. The average Bonchev–Trinajstić information content (AvgIpc) is 2.99. The van der Waals surface area contributed by atoms with Gasteiger partial charge in [-0.1, -0.05) is 45.5 Å². The molecule has 2 aromatic carbocycles. The van der Waals surface area contributed by atoms with Crippen LogP contribution in [0, 0.1) is 6.92 Å². The summed E-state index contributed by atoms with van der Waals surface area (Å²) in [5.41, 5.74) is 10.8. The predicted octanol–water partition coefficient (Wildman–Crippen LogP) is 7.53. The van der Waals surface area contributed by atoms with E-state index < -0.39 is 0 Å². The van der Waals surface area contributed by atoms with Crippen molar-refractivity contribution in [1.82, 2.24) is 9.88 Å². The van der Waals surface area contributed by atoms with E-state index in [0.29, 0.717) is 24.3 Å². The third-order valence-corrected chi connectivity index (χ3v) is 7.21. The fourth-order valence-electron chi connectivity index (χ4n) is 4.93. The minimum Gasteiger partial charge on any atom is -0.491 e. The molecule has 0 aliphatic carbocycles. The van der Waals surface area contributed by atoms with Gasteiger partial charge in [-0.3, -0.25) is 14.8 Å². The molecule has 0 radical (unpaired) electrons. The Kier molecular flexibility index (Phi) is 11.6. The van der Waals surface area contributed by atoms with Crippen LogP contribution in [0.5, 0.6) is 5.75 Å². The normalized spacial score (nSPS) is 15.1. The molecule has 0 saturated carbocycles. The Morgan fingerprint density at radius 1 is 1.12 bits per heavy atom. The zero-order valence-electron chi connectivity index (χ0n) is 25.0. The molecule has 0 unspecified atom stereocenters. The average molecular weight is 538 g/mol. The number of carbonyl (C=O) groups is 1. The van der Waals surface area contributed by atoms with Crippen molar-refractivity contribution in [2.45, 2.75) is 52.9 Å². The first kappa shape index (κ1) is 30.7. The summed E-state index contributed by atoms with van der Waals surface area (Å²) >= 11 is 0. The number of allylic oxidation sites excluding steroid dienone is 1. The summed E-state index contributed by atoms with van der Waals surface area (Å²) in [5.74, 6) is 0.992. The van der Waals surface area contributed by atoms with Gasteiger partial charge in [0.25, 0.3) is 0 Å². The van der Waals surface area contributed by atoms with Crippen molar-refractivity contribution in [3.05, 3.63) is 107 Å². The Balaban J connectivity index is 0.00000216. The molecule has 0 N–H and O–H groups in total. The number of ketones is 1. The summed E-state index contributed by atoms with van der Waals surface area (Å²) in [4.78, 5) is 24.5. The van der Waals surface area contributed by atoms with Gasteiger partial charge in [-0.2, -0.15) is 0 Å². The first-order valence-corrected chi connectivity index (χ1v) is 14.3. The number of aliphatic imine (C=N–C) groups is 1.